The molecule has 0 aliphatic rings. The maximum Gasteiger partial charge on any atom is 0.195 e. The molecule has 0 unspecified atom stereocenters. The Morgan fingerprint density at radius 1 is 0.895 bits per heavy atom. The highest BCUT2D eigenvalue weighted by Crippen LogP contribution is 2.33. The molecule has 0 aliphatic heterocycles. The Bertz CT molecular complexity index is 677. The second-order valence-corrected chi connectivity index (χ2v) is 4.59. The number of benzene rings is 1. The third-order valence-corrected chi connectivity index (χ3v) is 3.36. The molecule has 0 atom stereocenters. The van der Waals surface area contributed by atoms with Gasteiger partial charge in [0.05, 0.1) is 10.6 Å². The molecule has 0 amide bonds. The van der Waals surface area contributed by atoms with Crippen LogP contribution in [0.4, 0.5) is 22.0 Å². The van der Waals surface area contributed by atoms with Gasteiger partial charge >= 0.3 is 0 Å². The van der Waals surface area contributed by atoms with E-state index in [0.29, 0.717) is 0 Å². The van der Waals surface area contributed by atoms with Crippen molar-refractivity contribution >= 4 is 27.5 Å². The molecule has 0 spiro atoms. The number of pyridine rings is 1. The largest absolute Gasteiger partial charge is 0.236 e. The zero-order chi connectivity index (χ0) is 14.3. The van der Waals surface area contributed by atoms with E-state index in [9.17, 15) is 22.0 Å². The molecule has 0 saturated heterocycles. The van der Waals surface area contributed by atoms with Gasteiger partial charge in [-0.3, -0.25) is 0 Å². The minimum absolute atomic E-state index is 0.0888. The second-order valence-electron chi connectivity index (χ2n) is 3.43. The first-order valence-corrected chi connectivity index (χ1v) is 5.85. The summed E-state index contributed by atoms with van der Waals surface area (Å²) >= 11 is 8.38. The van der Waals surface area contributed by atoms with E-state index >= 15 is 0 Å². The van der Waals surface area contributed by atoms with Crippen LogP contribution >= 0.6 is 27.5 Å². The van der Waals surface area contributed by atoms with Gasteiger partial charge in [-0.25, -0.2) is 26.9 Å². The van der Waals surface area contributed by atoms with E-state index in [1.165, 1.54) is 0 Å². The first kappa shape index (κ1) is 14.2. The molecular weight excluding hydrogens is 356 g/mol. The van der Waals surface area contributed by atoms with Crippen LogP contribution < -0.4 is 0 Å². The van der Waals surface area contributed by atoms with Crippen molar-refractivity contribution in [2.24, 2.45) is 0 Å². The van der Waals surface area contributed by atoms with Crippen LogP contribution in [0.1, 0.15) is 0 Å². The van der Waals surface area contributed by atoms with Crippen LogP contribution in [0.2, 0.25) is 5.02 Å². The predicted molar refractivity (Wildman–Crippen MR) is 62.2 cm³/mol. The maximum atomic E-state index is 13.6. The summed E-state index contributed by atoms with van der Waals surface area (Å²) in [5.74, 6) is -8.14. The molecule has 19 heavy (non-hydrogen) atoms. The first-order valence-electron chi connectivity index (χ1n) is 4.67. The van der Waals surface area contributed by atoms with E-state index in [1.807, 2.05) is 0 Å². The molecule has 1 aromatic carbocycles. The zero-order valence-corrected chi connectivity index (χ0v) is 11.1. The maximum absolute atomic E-state index is 13.6. The highest BCUT2D eigenvalue weighted by atomic mass is 79.9. The van der Waals surface area contributed by atoms with Crippen LogP contribution in [0.3, 0.4) is 0 Å². The summed E-state index contributed by atoms with van der Waals surface area (Å²) in [6, 6.07) is 0.853. The molecule has 0 N–H and O–H groups in total. The smallest absolute Gasteiger partial charge is 0.195 e. The van der Waals surface area contributed by atoms with E-state index in [1.54, 1.807) is 0 Å². The zero-order valence-electron chi connectivity index (χ0n) is 8.75. The lowest BCUT2D eigenvalue weighted by Gasteiger charge is -2.08. The number of halogens is 7. The number of nitrogens with zero attached hydrogens (tertiary/aromatic N) is 1. The van der Waals surface area contributed by atoms with Crippen LogP contribution in [0.25, 0.3) is 11.3 Å². The molecular formula is C11H2BrClF5N. The Labute approximate surface area is 117 Å². The monoisotopic (exact) mass is 357 g/mol. The minimum atomic E-state index is -1.91. The van der Waals surface area contributed by atoms with Crippen molar-refractivity contribution in [2.75, 3.05) is 0 Å². The standard InChI is InChI=1S/C11H2BrClF5N/c12-11-3(13)1-6(16)10(19-11)7-4(14)2-5(15)8(17)9(7)18/h1-2H. The van der Waals surface area contributed by atoms with Crippen molar-refractivity contribution in [3.8, 4) is 11.3 Å². The Hall–Kier alpha value is -1.21. The van der Waals surface area contributed by atoms with E-state index in [2.05, 4.69) is 20.9 Å². The van der Waals surface area contributed by atoms with Gasteiger partial charge in [0.2, 0.25) is 0 Å². The van der Waals surface area contributed by atoms with Crippen LogP contribution in [0, 0.1) is 29.1 Å². The molecule has 1 heterocycles. The highest BCUT2D eigenvalue weighted by molar-refractivity contribution is 9.10. The summed E-state index contributed by atoms with van der Waals surface area (Å²) in [4.78, 5) is 3.48. The fraction of sp³-hybridized carbons (Fsp3) is 0. The summed E-state index contributed by atoms with van der Waals surface area (Å²) in [7, 11) is 0. The summed E-state index contributed by atoms with van der Waals surface area (Å²) in [6.07, 6.45) is 0. The number of aromatic nitrogens is 1. The second kappa shape index (κ2) is 5.05. The van der Waals surface area contributed by atoms with Gasteiger partial charge in [-0.15, -0.1) is 0 Å². The van der Waals surface area contributed by atoms with E-state index in [-0.39, 0.29) is 15.7 Å². The van der Waals surface area contributed by atoms with Crippen LogP contribution in [0.5, 0.6) is 0 Å². The molecule has 100 valence electrons. The van der Waals surface area contributed by atoms with Crippen molar-refractivity contribution in [1.29, 1.82) is 0 Å². The lowest BCUT2D eigenvalue weighted by atomic mass is 10.1. The molecule has 8 heteroatoms. The average Bonchev–Trinajstić information content (AvgIpc) is 2.33. The first-order chi connectivity index (χ1) is 8.82. The fourth-order valence-corrected chi connectivity index (χ4v) is 1.83. The van der Waals surface area contributed by atoms with Crippen LogP contribution in [-0.4, -0.2) is 4.98 Å². The van der Waals surface area contributed by atoms with Crippen molar-refractivity contribution in [1.82, 2.24) is 4.98 Å². The summed E-state index contributed by atoms with van der Waals surface area (Å²) in [6.45, 7) is 0. The van der Waals surface area contributed by atoms with E-state index in [0.717, 1.165) is 6.07 Å². The number of rotatable bonds is 1. The van der Waals surface area contributed by atoms with E-state index < -0.39 is 40.3 Å². The van der Waals surface area contributed by atoms with Gasteiger partial charge in [0.25, 0.3) is 0 Å². The van der Waals surface area contributed by atoms with Crippen LogP contribution in [0.15, 0.2) is 16.7 Å². The van der Waals surface area contributed by atoms with Gasteiger partial charge in [-0.2, -0.15) is 0 Å². The minimum Gasteiger partial charge on any atom is -0.236 e. The predicted octanol–water partition coefficient (Wildman–Crippen LogP) is 4.86. The van der Waals surface area contributed by atoms with Gasteiger partial charge in [0.1, 0.15) is 16.1 Å². The SMILES string of the molecule is Fc1cc(Cl)c(Br)nc1-c1c(F)cc(F)c(F)c1F. The molecule has 2 rings (SSSR count). The van der Waals surface area contributed by atoms with Crippen molar-refractivity contribution in [3.63, 3.8) is 0 Å². The Balaban J connectivity index is 2.80. The van der Waals surface area contributed by atoms with Crippen molar-refractivity contribution in [3.05, 3.63) is 50.8 Å². The molecule has 1 nitrogen and oxygen atoms in total. The number of hydrogen-bond acceptors (Lipinski definition) is 1. The van der Waals surface area contributed by atoms with E-state index in [4.69, 9.17) is 11.6 Å². The average molecular weight is 358 g/mol. The fourth-order valence-electron chi connectivity index (χ4n) is 1.40. The quantitative estimate of drug-likeness (QED) is 0.307. The molecule has 0 radical (unpaired) electrons. The highest BCUT2D eigenvalue weighted by Gasteiger charge is 2.24. The number of hydrogen-bond donors (Lipinski definition) is 0. The topological polar surface area (TPSA) is 12.9 Å². The summed E-state index contributed by atoms with van der Waals surface area (Å²) < 4.78 is 66.3. The van der Waals surface area contributed by atoms with Crippen LogP contribution in [-0.2, 0) is 0 Å². The lowest BCUT2D eigenvalue weighted by Crippen LogP contribution is -2.02. The van der Waals surface area contributed by atoms with Gasteiger partial charge in [0.15, 0.2) is 23.3 Å². The normalized spacial score (nSPS) is 10.9. The Kier molecular flexibility index (Phi) is 3.78. The van der Waals surface area contributed by atoms with Gasteiger partial charge in [0, 0.05) is 6.07 Å². The summed E-state index contributed by atoms with van der Waals surface area (Å²) in [5.41, 5.74) is -1.92. The van der Waals surface area contributed by atoms with Crippen molar-refractivity contribution in [2.45, 2.75) is 0 Å². The third kappa shape index (κ3) is 2.44. The Morgan fingerprint density at radius 3 is 2.16 bits per heavy atom. The van der Waals surface area contributed by atoms with Gasteiger partial charge in [-0.1, -0.05) is 11.6 Å². The molecule has 0 saturated carbocycles. The molecule has 0 bridgehead atoms. The van der Waals surface area contributed by atoms with Crippen molar-refractivity contribution < 1.29 is 22.0 Å². The third-order valence-electron chi connectivity index (χ3n) is 2.24. The molecule has 0 fully saturated rings. The summed E-state index contributed by atoms with van der Waals surface area (Å²) in [5, 5.41) is -0.135. The Morgan fingerprint density at radius 2 is 1.53 bits per heavy atom. The molecule has 2 aromatic rings. The van der Waals surface area contributed by atoms with Gasteiger partial charge < -0.3 is 0 Å². The molecule has 1 aromatic heterocycles. The molecule has 0 aliphatic carbocycles. The van der Waals surface area contributed by atoms with Gasteiger partial charge in [-0.05, 0) is 22.0 Å². The lowest BCUT2D eigenvalue weighted by molar-refractivity contribution is 0.436.